The molecule has 1 aromatic rings. The van der Waals surface area contributed by atoms with E-state index in [1.807, 2.05) is 18.2 Å². The smallest absolute Gasteiger partial charge is 0.0594 e. The average molecular weight is 243 g/mol. The van der Waals surface area contributed by atoms with Gasteiger partial charge in [0, 0.05) is 24.7 Å². The van der Waals surface area contributed by atoms with Crippen molar-refractivity contribution in [1.82, 2.24) is 4.90 Å². The van der Waals surface area contributed by atoms with Gasteiger partial charge in [0.2, 0.25) is 0 Å². The van der Waals surface area contributed by atoms with Crippen LogP contribution >= 0.6 is 11.6 Å². The molecular weight excluding hydrogens is 224 g/mol. The maximum absolute atomic E-state index is 5.92. The number of hydrogen-bond acceptors (Lipinski definition) is 3. The minimum absolute atomic E-state index is 0.581. The summed E-state index contributed by atoms with van der Waals surface area (Å²) in [5, 5.41) is 0.783. The number of nitrogens with zero attached hydrogens (tertiary/aromatic N) is 1. The van der Waals surface area contributed by atoms with Gasteiger partial charge in [-0.15, -0.1) is 0 Å². The van der Waals surface area contributed by atoms with Crippen LogP contribution in [0.4, 0.5) is 0 Å². The standard InChI is InChI=1S/C12H19ClN2O/c1-15(6-8-16-7-5-14)10-11-3-2-4-12(13)9-11/h2-4,9H,5-8,10,14H2,1H3. The lowest BCUT2D eigenvalue weighted by molar-refractivity contribution is 0.115. The third kappa shape index (κ3) is 5.47. The molecule has 0 aliphatic rings. The van der Waals surface area contributed by atoms with E-state index < -0.39 is 0 Å². The molecule has 0 fully saturated rings. The molecular formula is C12H19ClN2O. The molecule has 1 rings (SSSR count). The Hall–Kier alpha value is -0.610. The fourth-order valence-corrected chi connectivity index (χ4v) is 1.64. The first-order valence-electron chi connectivity index (χ1n) is 5.43. The van der Waals surface area contributed by atoms with E-state index in [1.54, 1.807) is 0 Å². The van der Waals surface area contributed by atoms with Gasteiger partial charge in [-0.1, -0.05) is 23.7 Å². The molecule has 4 heteroatoms. The van der Waals surface area contributed by atoms with E-state index >= 15 is 0 Å². The topological polar surface area (TPSA) is 38.5 Å². The monoisotopic (exact) mass is 242 g/mol. The van der Waals surface area contributed by atoms with Crippen LogP contribution in [0.3, 0.4) is 0 Å². The quantitative estimate of drug-likeness (QED) is 0.741. The highest BCUT2D eigenvalue weighted by atomic mass is 35.5. The Morgan fingerprint density at radius 2 is 2.19 bits per heavy atom. The molecule has 0 aliphatic heterocycles. The van der Waals surface area contributed by atoms with Crippen LogP contribution in [0.1, 0.15) is 5.56 Å². The molecule has 0 saturated carbocycles. The zero-order valence-corrected chi connectivity index (χ0v) is 10.4. The number of nitrogens with two attached hydrogens (primary N) is 1. The molecule has 0 amide bonds. The molecule has 0 spiro atoms. The lowest BCUT2D eigenvalue weighted by Gasteiger charge is -2.16. The Morgan fingerprint density at radius 3 is 2.88 bits per heavy atom. The molecule has 0 saturated heterocycles. The Labute approximate surface area is 102 Å². The van der Waals surface area contributed by atoms with Gasteiger partial charge in [-0.2, -0.15) is 0 Å². The van der Waals surface area contributed by atoms with Gasteiger partial charge in [0.15, 0.2) is 0 Å². The van der Waals surface area contributed by atoms with Crippen molar-refractivity contribution in [1.29, 1.82) is 0 Å². The van der Waals surface area contributed by atoms with E-state index in [0.29, 0.717) is 19.8 Å². The summed E-state index contributed by atoms with van der Waals surface area (Å²) in [4.78, 5) is 2.20. The summed E-state index contributed by atoms with van der Waals surface area (Å²) in [6.07, 6.45) is 0. The van der Waals surface area contributed by atoms with Gasteiger partial charge in [-0.3, -0.25) is 4.90 Å². The lowest BCUT2D eigenvalue weighted by atomic mass is 10.2. The second-order valence-electron chi connectivity index (χ2n) is 3.77. The van der Waals surface area contributed by atoms with Crippen molar-refractivity contribution in [3.63, 3.8) is 0 Å². The molecule has 0 heterocycles. The fraction of sp³-hybridized carbons (Fsp3) is 0.500. The van der Waals surface area contributed by atoms with Crippen LogP contribution in [0, 0.1) is 0 Å². The minimum Gasteiger partial charge on any atom is -0.379 e. The SMILES string of the molecule is CN(CCOCCN)Cc1cccc(Cl)c1. The molecule has 0 bridgehead atoms. The van der Waals surface area contributed by atoms with Crippen LogP contribution in [-0.4, -0.2) is 38.3 Å². The molecule has 0 aromatic heterocycles. The van der Waals surface area contributed by atoms with E-state index in [4.69, 9.17) is 22.1 Å². The zero-order chi connectivity index (χ0) is 11.8. The van der Waals surface area contributed by atoms with Gasteiger partial charge in [-0.25, -0.2) is 0 Å². The second kappa shape index (κ2) is 7.63. The molecule has 0 radical (unpaired) electrons. The maximum Gasteiger partial charge on any atom is 0.0594 e. The summed E-state index contributed by atoms with van der Waals surface area (Å²) in [6, 6.07) is 7.91. The number of ether oxygens (including phenoxy) is 1. The first-order valence-corrected chi connectivity index (χ1v) is 5.81. The van der Waals surface area contributed by atoms with Gasteiger partial charge in [-0.05, 0) is 24.7 Å². The highest BCUT2D eigenvalue weighted by Crippen LogP contribution is 2.11. The number of likely N-dealkylation sites (N-methyl/N-ethyl adjacent to an activating group) is 1. The first-order chi connectivity index (χ1) is 7.72. The Kier molecular flexibility index (Phi) is 6.42. The molecule has 90 valence electrons. The molecule has 16 heavy (non-hydrogen) atoms. The molecule has 0 atom stereocenters. The summed E-state index contributed by atoms with van der Waals surface area (Å²) in [6.45, 7) is 3.70. The van der Waals surface area contributed by atoms with Crippen LogP contribution in [0.25, 0.3) is 0 Å². The normalized spacial score (nSPS) is 11.0. The van der Waals surface area contributed by atoms with Gasteiger partial charge in [0.1, 0.15) is 0 Å². The Morgan fingerprint density at radius 1 is 1.38 bits per heavy atom. The number of hydrogen-bond donors (Lipinski definition) is 1. The van der Waals surface area contributed by atoms with Crippen LogP contribution in [0.2, 0.25) is 5.02 Å². The third-order valence-electron chi connectivity index (χ3n) is 2.22. The summed E-state index contributed by atoms with van der Waals surface area (Å²) in [7, 11) is 2.06. The van der Waals surface area contributed by atoms with Crippen molar-refractivity contribution >= 4 is 11.6 Å². The molecule has 1 aromatic carbocycles. The molecule has 3 nitrogen and oxygen atoms in total. The average Bonchev–Trinajstić information content (AvgIpc) is 2.24. The van der Waals surface area contributed by atoms with Crippen molar-refractivity contribution in [2.24, 2.45) is 5.73 Å². The van der Waals surface area contributed by atoms with Gasteiger partial charge in [0.05, 0.1) is 13.2 Å². The van der Waals surface area contributed by atoms with Gasteiger partial charge < -0.3 is 10.5 Å². The van der Waals surface area contributed by atoms with Crippen molar-refractivity contribution in [2.45, 2.75) is 6.54 Å². The van der Waals surface area contributed by atoms with Crippen molar-refractivity contribution in [3.8, 4) is 0 Å². The molecule has 2 N–H and O–H groups in total. The number of halogens is 1. The van der Waals surface area contributed by atoms with Crippen molar-refractivity contribution < 1.29 is 4.74 Å². The predicted molar refractivity (Wildman–Crippen MR) is 67.7 cm³/mol. The van der Waals surface area contributed by atoms with Crippen LogP contribution in [-0.2, 0) is 11.3 Å². The van der Waals surface area contributed by atoms with Gasteiger partial charge >= 0.3 is 0 Å². The lowest BCUT2D eigenvalue weighted by Crippen LogP contribution is -2.23. The minimum atomic E-state index is 0.581. The van der Waals surface area contributed by atoms with E-state index in [-0.39, 0.29) is 0 Å². The van der Waals surface area contributed by atoms with Crippen LogP contribution < -0.4 is 5.73 Å². The number of benzene rings is 1. The Bertz CT molecular complexity index is 307. The van der Waals surface area contributed by atoms with Crippen molar-refractivity contribution in [2.75, 3.05) is 33.4 Å². The summed E-state index contributed by atoms with van der Waals surface area (Å²) in [5.74, 6) is 0. The number of rotatable bonds is 7. The van der Waals surface area contributed by atoms with Crippen LogP contribution in [0.15, 0.2) is 24.3 Å². The molecule has 0 aliphatic carbocycles. The Balaban J connectivity index is 2.25. The van der Waals surface area contributed by atoms with Gasteiger partial charge in [0.25, 0.3) is 0 Å². The highest BCUT2D eigenvalue weighted by molar-refractivity contribution is 6.30. The zero-order valence-electron chi connectivity index (χ0n) is 9.66. The highest BCUT2D eigenvalue weighted by Gasteiger charge is 2.00. The molecule has 0 unspecified atom stereocenters. The van der Waals surface area contributed by atoms with E-state index in [2.05, 4.69) is 18.0 Å². The maximum atomic E-state index is 5.92. The summed E-state index contributed by atoms with van der Waals surface area (Å²) < 4.78 is 5.32. The third-order valence-corrected chi connectivity index (χ3v) is 2.46. The van der Waals surface area contributed by atoms with Crippen LogP contribution in [0.5, 0.6) is 0 Å². The van der Waals surface area contributed by atoms with E-state index in [0.717, 1.165) is 18.1 Å². The second-order valence-corrected chi connectivity index (χ2v) is 4.21. The first kappa shape index (κ1) is 13.5. The largest absolute Gasteiger partial charge is 0.379 e. The van der Waals surface area contributed by atoms with E-state index in [9.17, 15) is 0 Å². The summed E-state index contributed by atoms with van der Waals surface area (Å²) in [5.41, 5.74) is 6.55. The van der Waals surface area contributed by atoms with E-state index in [1.165, 1.54) is 5.56 Å². The predicted octanol–water partition coefficient (Wildman–Crippen LogP) is 1.75. The fourth-order valence-electron chi connectivity index (χ4n) is 1.43. The summed E-state index contributed by atoms with van der Waals surface area (Å²) >= 11 is 5.92. The van der Waals surface area contributed by atoms with Crippen molar-refractivity contribution in [3.05, 3.63) is 34.9 Å².